The quantitative estimate of drug-likeness (QED) is 0.789. The Labute approximate surface area is 121 Å². The zero-order valence-corrected chi connectivity index (χ0v) is 12.9. The van der Waals surface area contributed by atoms with E-state index in [0.29, 0.717) is 0 Å². The molecule has 1 aliphatic rings. The first-order valence-corrected chi connectivity index (χ1v) is 8.96. The number of hydrogen-bond donors (Lipinski definition) is 1. The van der Waals surface area contributed by atoms with Gasteiger partial charge in [-0.1, -0.05) is 0 Å². The molecule has 0 radical (unpaired) electrons. The molecule has 0 bridgehead atoms. The number of benzene rings is 1. The van der Waals surface area contributed by atoms with Crippen LogP contribution in [0, 0.1) is 3.57 Å². The normalized spacial score (nSPS) is 17.1. The van der Waals surface area contributed by atoms with E-state index in [1.54, 1.807) is 23.5 Å². The van der Waals surface area contributed by atoms with E-state index in [-0.39, 0.29) is 10.5 Å². The number of carbonyl (C=O) groups is 1. The lowest BCUT2D eigenvalue weighted by molar-refractivity contribution is -0.114. The van der Waals surface area contributed by atoms with Gasteiger partial charge in [-0.2, -0.15) is 0 Å². The molecule has 1 saturated heterocycles. The molecular formula is C10H10INOS3. The Morgan fingerprint density at radius 3 is 2.50 bits per heavy atom. The third-order valence-corrected chi connectivity index (χ3v) is 6.92. The first-order valence-electron chi connectivity index (χ1n) is 4.63. The molecule has 0 unspecified atom stereocenters. The van der Waals surface area contributed by atoms with Crippen molar-refractivity contribution in [2.75, 3.05) is 15.5 Å². The molecule has 16 heavy (non-hydrogen) atoms. The first kappa shape index (κ1) is 12.9. The third-order valence-electron chi connectivity index (χ3n) is 1.93. The maximum atomic E-state index is 11.9. The van der Waals surface area contributed by atoms with Crippen LogP contribution in [0.15, 0.2) is 24.3 Å². The highest BCUT2D eigenvalue weighted by molar-refractivity contribution is 14.1. The lowest BCUT2D eigenvalue weighted by Gasteiger charge is -2.19. The van der Waals surface area contributed by atoms with Crippen molar-refractivity contribution < 1.29 is 4.79 Å². The third kappa shape index (κ3) is 3.75. The number of amides is 1. The molecule has 0 saturated carbocycles. The number of carbonyl (C=O) groups excluding carboxylic acids is 1. The average Bonchev–Trinajstić information content (AvgIpc) is 2.33. The average molecular weight is 383 g/mol. The molecule has 1 aromatic rings. The molecule has 2 rings (SSSR count). The van der Waals surface area contributed by atoms with Gasteiger partial charge in [-0.15, -0.1) is 35.3 Å². The summed E-state index contributed by atoms with van der Waals surface area (Å²) >= 11 is 7.53. The van der Waals surface area contributed by atoms with Crippen LogP contribution in [0.4, 0.5) is 5.69 Å². The van der Waals surface area contributed by atoms with E-state index < -0.39 is 0 Å². The van der Waals surface area contributed by atoms with Crippen LogP contribution in [0.1, 0.15) is 0 Å². The topological polar surface area (TPSA) is 29.1 Å². The zero-order chi connectivity index (χ0) is 11.4. The van der Waals surface area contributed by atoms with Crippen molar-refractivity contribution >= 4 is 69.5 Å². The van der Waals surface area contributed by atoms with Gasteiger partial charge in [0.2, 0.25) is 5.91 Å². The van der Waals surface area contributed by atoms with Gasteiger partial charge in [-0.05, 0) is 46.9 Å². The predicted molar refractivity (Wildman–Crippen MR) is 84.1 cm³/mol. The number of anilines is 1. The van der Waals surface area contributed by atoms with E-state index >= 15 is 0 Å². The molecular weight excluding hydrogens is 373 g/mol. The number of thioether (sulfide) groups is 3. The van der Waals surface area contributed by atoms with Crippen LogP contribution in [0.25, 0.3) is 0 Å². The van der Waals surface area contributed by atoms with E-state index in [2.05, 4.69) is 27.9 Å². The Kier molecular flexibility index (Phi) is 5.18. The van der Waals surface area contributed by atoms with Gasteiger partial charge in [0.05, 0.1) is 0 Å². The zero-order valence-electron chi connectivity index (χ0n) is 8.31. The summed E-state index contributed by atoms with van der Waals surface area (Å²) in [5, 5.41) is 4.97. The minimum atomic E-state index is 0.0422. The fourth-order valence-electron chi connectivity index (χ4n) is 1.19. The number of halogens is 1. The molecule has 2 nitrogen and oxygen atoms in total. The highest BCUT2D eigenvalue weighted by atomic mass is 127. The van der Waals surface area contributed by atoms with E-state index in [0.717, 1.165) is 15.9 Å². The number of hydrogen-bond acceptors (Lipinski definition) is 4. The summed E-state index contributed by atoms with van der Waals surface area (Å²) in [5.41, 5.74) is 0.879. The van der Waals surface area contributed by atoms with Crippen molar-refractivity contribution in [2.45, 2.75) is 4.58 Å². The van der Waals surface area contributed by atoms with Crippen LogP contribution in [-0.2, 0) is 4.79 Å². The molecule has 1 amide bonds. The van der Waals surface area contributed by atoms with Crippen LogP contribution in [0.5, 0.6) is 0 Å². The van der Waals surface area contributed by atoms with Crippen molar-refractivity contribution in [3.05, 3.63) is 27.8 Å². The van der Waals surface area contributed by atoms with Gasteiger partial charge in [0, 0.05) is 19.4 Å². The Balaban J connectivity index is 1.93. The lowest BCUT2D eigenvalue weighted by Crippen LogP contribution is -2.24. The molecule has 1 fully saturated rings. The van der Waals surface area contributed by atoms with Crippen LogP contribution in [0.2, 0.25) is 0 Å². The maximum absolute atomic E-state index is 11.9. The molecule has 1 N–H and O–H groups in total. The van der Waals surface area contributed by atoms with E-state index in [4.69, 9.17) is 0 Å². The highest BCUT2D eigenvalue weighted by Crippen LogP contribution is 2.36. The number of rotatable bonds is 2. The summed E-state index contributed by atoms with van der Waals surface area (Å²) in [4.78, 5) is 11.9. The summed E-state index contributed by atoms with van der Waals surface area (Å²) in [6.07, 6.45) is 0. The molecule has 0 spiro atoms. The van der Waals surface area contributed by atoms with E-state index in [9.17, 15) is 4.79 Å². The van der Waals surface area contributed by atoms with Gasteiger partial charge in [0.1, 0.15) is 4.58 Å². The second-order valence-corrected chi connectivity index (χ2v) is 8.55. The molecule has 0 aliphatic carbocycles. The first-order chi connectivity index (χ1) is 7.75. The van der Waals surface area contributed by atoms with Crippen molar-refractivity contribution in [3.8, 4) is 0 Å². The van der Waals surface area contributed by atoms with E-state index in [1.807, 2.05) is 36.0 Å². The van der Waals surface area contributed by atoms with Gasteiger partial charge >= 0.3 is 0 Å². The molecule has 6 heteroatoms. The predicted octanol–water partition coefficient (Wildman–Crippen LogP) is 3.68. The van der Waals surface area contributed by atoms with E-state index in [1.165, 1.54) is 3.57 Å². The largest absolute Gasteiger partial charge is 0.324 e. The van der Waals surface area contributed by atoms with Gasteiger partial charge in [0.15, 0.2) is 0 Å². The molecule has 0 atom stereocenters. The summed E-state index contributed by atoms with van der Waals surface area (Å²) in [7, 11) is 0. The highest BCUT2D eigenvalue weighted by Gasteiger charge is 2.22. The van der Waals surface area contributed by atoms with Crippen molar-refractivity contribution in [1.29, 1.82) is 0 Å². The van der Waals surface area contributed by atoms with Gasteiger partial charge in [-0.3, -0.25) is 4.79 Å². The SMILES string of the molecule is O=C(Nc1ccc(I)cc1)C1SCSCS1. The minimum Gasteiger partial charge on any atom is -0.324 e. The smallest absolute Gasteiger partial charge is 0.247 e. The Hall–Kier alpha value is 0.470. The second-order valence-electron chi connectivity index (χ2n) is 3.10. The van der Waals surface area contributed by atoms with Crippen LogP contribution < -0.4 is 5.32 Å². The minimum absolute atomic E-state index is 0.0422. The lowest BCUT2D eigenvalue weighted by atomic mass is 10.3. The monoisotopic (exact) mass is 383 g/mol. The molecule has 1 aromatic carbocycles. The summed E-state index contributed by atoms with van der Waals surface area (Å²) in [6, 6.07) is 7.86. The fourth-order valence-corrected chi connectivity index (χ4v) is 6.00. The van der Waals surface area contributed by atoms with Crippen molar-refractivity contribution in [2.24, 2.45) is 0 Å². The summed E-state index contributed by atoms with van der Waals surface area (Å²) in [5.74, 6) is 0.108. The molecule has 86 valence electrons. The van der Waals surface area contributed by atoms with Crippen LogP contribution in [-0.4, -0.2) is 20.7 Å². The van der Waals surface area contributed by atoms with Crippen LogP contribution in [0.3, 0.4) is 0 Å². The number of nitrogens with one attached hydrogen (secondary N) is 1. The Morgan fingerprint density at radius 2 is 1.88 bits per heavy atom. The van der Waals surface area contributed by atoms with Crippen molar-refractivity contribution in [1.82, 2.24) is 0 Å². The van der Waals surface area contributed by atoms with Gasteiger partial charge in [-0.25, -0.2) is 0 Å². The van der Waals surface area contributed by atoms with Crippen molar-refractivity contribution in [3.63, 3.8) is 0 Å². The maximum Gasteiger partial charge on any atom is 0.247 e. The van der Waals surface area contributed by atoms with Gasteiger partial charge in [0.25, 0.3) is 0 Å². The Morgan fingerprint density at radius 1 is 1.25 bits per heavy atom. The molecule has 0 aromatic heterocycles. The standard InChI is InChI=1S/C10H10INOS3/c11-7-1-3-8(4-2-7)12-9(13)10-15-5-14-6-16-10/h1-4,10H,5-6H2,(H,12,13). The fraction of sp³-hybridized carbons (Fsp3) is 0.300. The second kappa shape index (κ2) is 6.42. The summed E-state index contributed by atoms with van der Waals surface area (Å²) in [6.45, 7) is 0. The Bertz CT molecular complexity index is 365. The van der Waals surface area contributed by atoms with Gasteiger partial charge < -0.3 is 5.32 Å². The molecule has 1 aliphatic heterocycles. The van der Waals surface area contributed by atoms with Crippen LogP contribution >= 0.6 is 57.9 Å². The molecule has 1 heterocycles. The summed E-state index contributed by atoms with van der Waals surface area (Å²) < 4.78 is 1.22.